The Labute approximate surface area is 132 Å². The maximum atomic E-state index is 12.0. The highest BCUT2D eigenvalue weighted by Gasteiger charge is 2.14. The second-order valence-electron chi connectivity index (χ2n) is 5.51. The minimum Gasteiger partial charge on any atom is -0.493 e. The molecule has 1 rings (SSSR count). The van der Waals surface area contributed by atoms with E-state index in [1.807, 2.05) is 25.1 Å². The molecule has 1 amide bonds. The van der Waals surface area contributed by atoms with E-state index >= 15 is 0 Å². The summed E-state index contributed by atoms with van der Waals surface area (Å²) in [6, 6.07) is 5.63. The van der Waals surface area contributed by atoms with E-state index in [-0.39, 0.29) is 5.91 Å². The second kappa shape index (κ2) is 9.30. The van der Waals surface area contributed by atoms with E-state index in [1.165, 1.54) is 0 Å². The van der Waals surface area contributed by atoms with Crippen molar-refractivity contribution in [3.63, 3.8) is 0 Å². The van der Waals surface area contributed by atoms with E-state index in [4.69, 9.17) is 14.2 Å². The van der Waals surface area contributed by atoms with Crippen LogP contribution in [0.5, 0.6) is 11.5 Å². The predicted octanol–water partition coefficient (Wildman–Crippen LogP) is 2.77. The van der Waals surface area contributed by atoms with Gasteiger partial charge in [0.05, 0.1) is 13.7 Å². The molecule has 0 saturated carbocycles. The number of nitrogens with one attached hydrogen (secondary N) is 1. The molecule has 0 saturated heterocycles. The molecule has 0 aliphatic heterocycles. The first-order valence-electron chi connectivity index (χ1n) is 7.66. The SMILES string of the molecule is CCOc1ccc(CNC(=O)[C@@H](C)OCC(C)C)cc1OC. The number of rotatable bonds is 9. The Hall–Kier alpha value is -1.75. The summed E-state index contributed by atoms with van der Waals surface area (Å²) in [5.41, 5.74) is 0.949. The summed E-state index contributed by atoms with van der Waals surface area (Å²) < 4.78 is 16.3. The van der Waals surface area contributed by atoms with Gasteiger partial charge in [-0.3, -0.25) is 4.79 Å². The summed E-state index contributed by atoms with van der Waals surface area (Å²) in [4.78, 5) is 12.0. The summed E-state index contributed by atoms with van der Waals surface area (Å²) in [7, 11) is 1.60. The number of carbonyl (C=O) groups is 1. The van der Waals surface area contributed by atoms with Crippen molar-refractivity contribution in [2.45, 2.75) is 40.3 Å². The third-order valence-corrected chi connectivity index (χ3v) is 3.04. The Kier molecular flexibility index (Phi) is 7.74. The molecule has 0 aliphatic carbocycles. The highest BCUT2D eigenvalue weighted by atomic mass is 16.5. The number of hydrogen-bond acceptors (Lipinski definition) is 4. The highest BCUT2D eigenvalue weighted by Crippen LogP contribution is 2.27. The topological polar surface area (TPSA) is 56.8 Å². The molecule has 1 N–H and O–H groups in total. The molecule has 0 fully saturated rings. The van der Waals surface area contributed by atoms with Crippen molar-refractivity contribution in [2.75, 3.05) is 20.3 Å². The summed E-state index contributed by atoms with van der Waals surface area (Å²) in [5, 5.41) is 2.86. The van der Waals surface area contributed by atoms with Crippen molar-refractivity contribution in [1.29, 1.82) is 0 Å². The average molecular weight is 309 g/mol. The Morgan fingerprint density at radius 1 is 1.23 bits per heavy atom. The molecule has 5 nitrogen and oxygen atoms in total. The van der Waals surface area contributed by atoms with Gasteiger partial charge in [0.25, 0.3) is 0 Å². The molecule has 1 atom stereocenters. The minimum atomic E-state index is -0.452. The van der Waals surface area contributed by atoms with E-state index < -0.39 is 6.10 Å². The molecule has 0 aromatic heterocycles. The van der Waals surface area contributed by atoms with Crippen molar-refractivity contribution >= 4 is 5.91 Å². The van der Waals surface area contributed by atoms with Crippen molar-refractivity contribution in [3.05, 3.63) is 23.8 Å². The molecule has 0 spiro atoms. The third kappa shape index (κ3) is 5.93. The van der Waals surface area contributed by atoms with Crippen LogP contribution in [-0.4, -0.2) is 32.3 Å². The van der Waals surface area contributed by atoms with Crippen LogP contribution in [0.25, 0.3) is 0 Å². The van der Waals surface area contributed by atoms with E-state index in [9.17, 15) is 4.79 Å². The summed E-state index contributed by atoms with van der Waals surface area (Å²) in [6.07, 6.45) is -0.452. The molecule has 22 heavy (non-hydrogen) atoms. The van der Waals surface area contributed by atoms with Gasteiger partial charge < -0.3 is 19.5 Å². The number of methoxy groups -OCH3 is 1. The Morgan fingerprint density at radius 3 is 2.55 bits per heavy atom. The van der Waals surface area contributed by atoms with Crippen LogP contribution in [0.4, 0.5) is 0 Å². The zero-order valence-corrected chi connectivity index (χ0v) is 14.1. The number of benzene rings is 1. The molecule has 0 heterocycles. The molecule has 1 aromatic carbocycles. The molecular weight excluding hydrogens is 282 g/mol. The highest BCUT2D eigenvalue weighted by molar-refractivity contribution is 5.80. The van der Waals surface area contributed by atoms with E-state index in [1.54, 1.807) is 14.0 Å². The van der Waals surface area contributed by atoms with Crippen molar-refractivity contribution in [3.8, 4) is 11.5 Å². The average Bonchev–Trinajstić information content (AvgIpc) is 2.51. The van der Waals surface area contributed by atoms with Crippen molar-refractivity contribution in [2.24, 2.45) is 5.92 Å². The lowest BCUT2D eigenvalue weighted by atomic mass is 10.2. The Bertz CT molecular complexity index is 474. The van der Waals surface area contributed by atoms with Gasteiger partial charge in [0.1, 0.15) is 6.10 Å². The van der Waals surface area contributed by atoms with Gasteiger partial charge in [-0.1, -0.05) is 19.9 Å². The summed E-state index contributed by atoms with van der Waals surface area (Å²) >= 11 is 0. The zero-order chi connectivity index (χ0) is 16.5. The van der Waals surface area contributed by atoms with Crippen LogP contribution in [0.15, 0.2) is 18.2 Å². The van der Waals surface area contributed by atoms with E-state index in [0.717, 1.165) is 5.56 Å². The third-order valence-electron chi connectivity index (χ3n) is 3.04. The minimum absolute atomic E-state index is 0.117. The van der Waals surface area contributed by atoms with Crippen LogP contribution < -0.4 is 14.8 Å². The maximum absolute atomic E-state index is 12.0. The van der Waals surface area contributed by atoms with Gasteiger partial charge in [0.15, 0.2) is 11.5 Å². The van der Waals surface area contributed by atoms with Crippen LogP contribution in [-0.2, 0) is 16.1 Å². The van der Waals surface area contributed by atoms with Gasteiger partial charge in [-0.25, -0.2) is 0 Å². The monoisotopic (exact) mass is 309 g/mol. The van der Waals surface area contributed by atoms with E-state index in [2.05, 4.69) is 19.2 Å². The second-order valence-corrected chi connectivity index (χ2v) is 5.51. The van der Waals surface area contributed by atoms with Crippen molar-refractivity contribution < 1.29 is 19.0 Å². The summed E-state index contributed by atoms with van der Waals surface area (Å²) in [5.74, 6) is 1.66. The van der Waals surface area contributed by atoms with Gasteiger partial charge in [-0.15, -0.1) is 0 Å². The lowest BCUT2D eigenvalue weighted by Gasteiger charge is -2.15. The first-order valence-corrected chi connectivity index (χ1v) is 7.66. The lowest BCUT2D eigenvalue weighted by molar-refractivity contribution is -0.132. The number of amides is 1. The normalized spacial score (nSPS) is 12.1. The maximum Gasteiger partial charge on any atom is 0.249 e. The molecule has 0 bridgehead atoms. The van der Waals surface area contributed by atoms with Gasteiger partial charge in [-0.05, 0) is 37.5 Å². The summed E-state index contributed by atoms with van der Waals surface area (Å²) in [6.45, 7) is 9.37. The van der Waals surface area contributed by atoms with E-state index in [0.29, 0.717) is 37.2 Å². The standard InChI is InChI=1S/C17H27NO4/c1-6-21-15-8-7-14(9-16(15)20-5)10-18-17(19)13(4)22-11-12(2)3/h7-9,12-13H,6,10-11H2,1-5H3,(H,18,19)/t13-/m1/s1. The van der Waals surface area contributed by atoms with Crippen molar-refractivity contribution in [1.82, 2.24) is 5.32 Å². The first kappa shape index (κ1) is 18.3. The van der Waals surface area contributed by atoms with Crippen LogP contribution in [0.3, 0.4) is 0 Å². The van der Waals surface area contributed by atoms with Crippen LogP contribution in [0, 0.1) is 5.92 Å². The van der Waals surface area contributed by atoms with Gasteiger partial charge >= 0.3 is 0 Å². The fourth-order valence-corrected chi connectivity index (χ4v) is 1.84. The number of carbonyl (C=O) groups excluding carboxylic acids is 1. The Balaban J connectivity index is 2.55. The largest absolute Gasteiger partial charge is 0.493 e. The fourth-order valence-electron chi connectivity index (χ4n) is 1.84. The number of hydrogen-bond donors (Lipinski definition) is 1. The quantitative estimate of drug-likeness (QED) is 0.762. The lowest BCUT2D eigenvalue weighted by Crippen LogP contribution is -2.34. The molecule has 0 unspecified atom stereocenters. The van der Waals surface area contributed by atoms with Crippen LogP contribution >= 0.6 is 0 Å². The molecule has 0 radical (unpaired) electrons. The smallest absolute Gasteiger partial charge is 0.249 e. The van der Waals surface area contributed by atoms with Gasteiger partial charge in [0.2, 0.25) is 5.91 Å². The predicted molar refractivity (Wildman–Crippen MR) is 86.3 cm³/mol. The molecule has 5 heteroatoms. The number of ether oxygens (including phenoxy) is 3. The van der Waals surface area contributed by atoms with Gasteiger partial charge in [-0.2, -0.15) is 0 Å². The van der Waals surface area contributed by atoms with Gasteiger partial charge in [0, 0.05) is 13.2 Å². The van der Waals surface area contributed by atoms with Crippen LogP contribution in [0.1, 0.15) is 33.3 Å². The molecule has 124 valence electrons. The van der Waals surface area contributed by atoms with Crippen LogP contribution in [0.2, 0.25) is 0 Å². The zero-order valence-electron chi connectivity index (χ0n) is 14.1. The first-order chi connectivity index (χ1) is 10.5. The molecule has 0 aliphatic rings. The fraction of sp³-hybridized carbons (Fsp3) is 0.588. The molecule has 1 aromatic rings. The Morgan fingerprint density at radius 2 is 1.95 bits per heavy atom. The molecular formula is C17H27NO4.